The third-order valence-electron chi connectivity index (χ3n) is 0.673. The molecule has 8 heavy (non-hydrogen) atoms. The maximum atomic E-state index is 9.73. The van der Waals surface area contributed by atoms with E-state index in [4.69, 9.17) is 0 Å². The number of thiol groups is 1. The fourth-order valence-electron chi connectivity index (χ4n) is 0.187. The Morgan fingerprint density at radius 1 is 1.88 bits per heavy atom. The van der Waals surface area contributed by atoms with Crippen molar-refractivity contribution in [1.82, 2.24) is 5.32 Å². The van der Waals surface area contributed by atoms with Crippen LogP contribution in [0.4, 0.5) is 0 Å². The molecule has 0 saturated carbocycles. The molecule has 0 amide bonds. The van der Waals surface area contributed by atoms with Crippen LogP contribution >= 0.6 is 12.6 Å². The first-order chi connectivity index (χ1) is 3.35. The minimum Gasteiger partial charge on any atom is -0.540 e. The van der Waals surface area contributed by atoms with Gasteiger partial charge in [0.1, 0.15) is 0 Å². The van der Waals surface area contributed by atoms with Crippen LogP contribution in [-0.2, 0) is 4.79 Å². The molecule has 2 nitrogen and oxygen atoms in total. The van der Waals surface area contributed by atoms with Crippen LogP contribution in [0.25, 0.3) is 0 Å². The minimum absolute atomic E-state index is 0. The second-order valence-electron chi connectivity index (χ2n) is 1.14. The number of likely N-dealkylation sites (N-methyl/N-ethyl adjacent to an activating group) is 1. The van der Waals surface area contributed by atoms with E-state index in [2.05, 4.69) is 17.9 Å². The van der Waals surface area contributed by atoms with Gasteiger partial charge in [-0.05, 0) is 12.8 Å². The monoisotopic (exact) mass is 157 g/mol. The van der Waals surface area contributed by atoms with Crippen molar-refractivity contribution in [2.45, 2.75) is 6.04 Å². The van der Waals surface area contributed by atoms with Crippen molar-refractivity contribution in [1.29, 1.82) is 0 Å². The molecular weight excluding hydrogens is 149 g/mol. The molecule has 4 heteroatoms. The van der Waals surface area contributed by atoms with Crippen molar-refractivity contribution in [3.8, 4) is 0 Å². The van der Waals surface area contributed by atoms with Crippen LogP contribution in [0.3, 0.4) is 0 Å². The zero-order valence-corrected chi connectivity index (χ0v) is 9.16. The van der Waals surface area contributed by atoms with Gasteiger partial charge in [-0.2, -0.15) is 12.6 Å². The Kier molecular flexibility index (Phi) is 13.3. The van der Waals surface area contributed by atoms with Gasteiger partial charge in [0.15, 0.2) is 0 Å². The molecule has 1 atom stereocenters. The molecule has 1 N–H and O–H groups in total. The average Bonchev–Trinajstić information content (AvgIpc) is 1.72. The van der Waals surface area contributed by atoms with E-state index in [0.717, 1.165) is 0 Å². The quantitative estimate of drug-likeness (QED) is 0.254. The van der Waals surface area contributed by atoms with Crippen molar-refractivity contribution in [3.05, 3.63) is 0 Å². The summed E-state index contributed by atoms with van der Waals surface area (Å²) in [5, 5.41) is 2.70. The Balaban J connectivity index is 0. The second-order valence-corrected chi connectivity index (χ2v) is 1.51. The van der Waals surface area contributed by atoms with Crippen LogP contribution in [0.5, 0.6) is 0 Å². The smallest absolute Gasteiger partial charge is 0.540 e. The number of rotatable bonds is 3. The van der Waals surface area contributed by atoms with Crippen molar-refractivity contribution in [3.63, 3.8) is 0 Å². The molecule has 0 aromatic heterocycles. The summed E-state index contributed by atoms with van der Waals surface area (Å²) >= 11 is 3.85. The molecule has 0 aliphatic rings. The Hall–Kier alpha value is 1.62. The van der Waals surface area contributed by atoms with E-state index in [1.54, 1.807) is 13.3 Å². The standard InChI is InChI=1S/C4H8NOS.K/c1-5-4(2-6)3-7;/h4-5,7H,3H2,1H3;/q-1;+1/t4-;/m1./s1. The predicted molar refractivity (Wildman–Crippen MR) is 32.4 cm³/mol. The first kappa shape index (κ1) is 12.3. The van der Waals surface area contributed by atoms with Crippen LogP contribution in [0.15, 0.2) is 0 Å². The van der Waals surface area contributed by atoms with E-state index in [0.29, 0.717) is 5.75 Å². The van der Waals surface area contributed by atoms with E-state index < -0.39 is 0 Å². The fourth-order valence-corrected chi connectivity index (χ4v) is 0.445. The van der Waals surface area contributed by atoms with Crippen LogP contribution < -0.4 is 56.7 Å². The van der Waals surface area contributed by atoms with Gasteiger partial charge in [0.05, 0.1) is 0 Å². The zero-order valence-electron chi connectivity index (χ0n) is 5.14. The molecule has 0 aliphatic heterocycles. The van der Waals surface area contributed by atoms with Gasteiger partial charge < -0.3 is 10.1 Å². The number of nitrogens with one attached hydrogen (secondary N) is 1. The second kappa shape index (κ2) is 8.62. The summed E-state index contributed by atoms with van der Waals surface area (Å²) in [4.78, 5) is 9.73. The molecule has 0 spiro atoms. The number of hydrogen-bond acceptors (Lipinski definition) is 3. The van der Waals surface area contributed by atoms with E-state index in [1.165, 1.54) is 0 Å². The fraction of sp³-hybridized carbons (Fsp3) is 0.750. The molecule has 0 bridgehead atoms. The SMILES string of the molecule is CN[C@H]([C-]=O)CS.[K+]. The zero-order chi connectivity index (χ0) is 5.70. The average molecular weight is 157 g/mol. The van der Waals surface area contributed by atoms with E-state index >= 15 is 0 Å². The van der Waals surface area contributed by atoms with Crippen LogP contribution in [0, 0.1) is 0 Å². The summed E-state index contributed by atoms with van der Waals surface area (Å²) < 4.78 is 0. The summed E-state index contributed by atoms with van der Waals surface area (Å²) in [7, 11) is 1.70. The Bertz CT molecular complexity index is 58.0. The third kappa shape index (κ3) is 5.75. The van der Waals surface area contributed by atoms with Gasteiger partial charge in [0.2, 0.25) is 0 Å². The maximum absolute atomic E-state index is 9.73. The van der Waals surface area contributed by atoms with Gasteiger partial charge in [0.25, 0.3) is 0 Å². The number of hydrogen-bond donors (Lipinski definition) is 2. The Morgan fingerprint density at radius 3 is 2.38 bits per heavy atom. The minimum atomic E-state index is -0.205. The molecule has 0 aromatic rings. The van der Waals surface area contributed by atoms with E-state index in [1.807, 2.05) is 0 Å². The molecule has 0 fully saturated rings. The van der Waals surface area contributed by atoms with Crippen LogP contribution in [0.1, 0.15) is 0 Å². The summed E-state index contributed by atoms with van der Waals surface area (Å²) in [5.41, 5.74) is 0. The first-order valence-corrected chi connectivity index (χ1v) is 2.64. The topological polar surface area (TPSA) is 29.1 Å². The first-order valence-electron chi connectivity index (χ1n) is 2.01. The van der Waals surface area contributed by atoms with Crippen molar-refractivity contribution < 1.29 is 56.2 Å². The molecule has 0 aliphatic carbocycles. The molecule has 42 valence electrons. The predicted octanol–water partition coefficient (Wildman–Crippen LogP) is -3.38. The molecule has 0 radical (unpaired) electrons. The molecular formula is C4H8KNOS. The maximum Gasteiger partial charge on any atom is 1.00 e. The largest absolute Gasteiger partial charge is 1.00 e. The van der Waals surface area contributed by atoms with Gasteiger partial charge in [-0.15, -0.1) is 0 Å². The van der Waals surface area contributed by atoms with Gasteiger partial charge >= 0.3 is 51.4 Å². The summed E-state index contributed by atoms with van der Waals surface area (Å²) in [5.74, 6) is 0.514. The van der Waals surface area contributed by atoms with E-state index in [-0.39, 0.29) is 57.4 Å². The molecule has 0 unspecified atom stereocenters. The van der Waals surface area contributed by atoms with Crippen molar-refractivity contribution >= 4 is 18.9 Å². The van der Waals surface area contributed by atoms with Gasteiger partial charge in [-0.3, -0.25) is 0 Å². The number of carbonyl (C=O) groups excluding carboxylic acids is 1. The summed E-state index contributed by atoms with van der Waals surface area (Å²) in [6.45, 7) is 0. The molecule has 0 rings (SSSR count). The van der Waals surface area contributed by atoms with Crippen LogP contribution in [-0.4, -0.2) is 25.1 Å². The normalized spacial score (nSPS) is 11.8. The Labute approximate surface area is 97.6 Å². The molecule has 0 saturated heterocycles. The molecule has 0 heterocycles. The van der Waals surface area contributed by atoms with Crippen molar-refractivity contribution in [2.24, 2.45) is 0 Å². The summed E-state index contributed by atoms with van der Waals surface area (Å²) in [6, 6.07) is -0.205. The third-order valence-corrected chi connectivity index (χ3v) is 1.04. The van der Waals surface area contributed by atoms with Crippen molar-refractivity contribution in [2.75, 3.05) is 12.8 Å². The van der Waals surface area contributed by atoms with Gasteiger partial charge in [-0.25, -0.2) is 6.29 Å². The van der Waals surface area contributed by atoms with Gasteiger partial charge in [0, 0.05) is 0 Å². The van der Waals surface area contributed by atoms with Crippen LogP contribution in [0.2, 0.25) is 0 Å². The summed E-state index contributed by atoms with van der Waals surface area (Å²) in [6.07, 6.45) is 1.76. The van der Waals surface area contributed by atoms with Gasteiger partial charge in [-0.1, -0.05) is 6.04 Å². The Morgan fingerprint density at radius 2 is 2.38 bits per heavy atom. The van der Waals surface area contributed by atoms with E-state index in [9.17, 15) is 4.79 Å². The molecule has 0 aromatic carbocycles.